The highest BCUT2D eigenvalue weighted by Crippen LogP contribution is 2.14. The predicted molar refractivity (Wildman–Crippen MR) is 107 cm³/mol. The van der Waals surface area contributed by atoms with Crippen LogP contribution in [0.5, 0.6) is 5.75 Å². The van der Waals surface area contributed by atoms with Gasteiger partial charge in [-0.25, -0.2) is 5.43 Å². The number of hydrogen-bond donors (Lipinski definition) is 2. The molecule has 0 radical (unpaired) electrons. The second-order valence-corrected chi connectivity index (χ2v) is 6.74. The molecule has 6 nitrogen and oxygen atoms in total. The van der Waals surface area contributed by atoms with Gasteiger partial charge in [-0.2, -0.15) is 5.10 Å². The van der Waals surface area contributed by atoms with Gasteiger partial charge in [-0.05, 0) is 60.0 Å². The number of ether oxygens (including phenoxy) is 1. The maximum atomic E-state index is 11.8. The monoisotopic (exact) mass is 387 g/mol. The van der Waals surface area contributed by atoms with E-state index in [9.17, 15) is 9.59 Å². The van der Waals surface area contributed by atoms with Crippen molar-refractivity contribution in [2.75, 3.05) is 11.9 Å². The Bertz CT molecular complexity index is 787. The van der Waals surface area contributed by atoms with Gasteiger partial charge < -0.3 is 10.1 Å². The third kappa shape index (κ3) is 7.92. The summed E-state index contributed by atoms with van der Waals surface area (Å²) in [5.74, 6) is 0.299. The highest BCUT2D eigenvalue weighted by Gasteiger charge is 2.08. The number of rotatable bonds is 8. The van der Waals surface area contributed by atoms with Crippen molar-refractivity contribution in [3.8, 4) is 5.75 Å². The van der Waals surface area contributed by atoms with Crippen molar-refractivity contribution in [1.82, 2.24) is 5.43 Å². The normalized spacial score (nSPS) is 10.8. The Morgan fingerprint density at radius 2 is 1.74 bits per heavy atom. The molecular weight excluding hydrogens is 366 g/mol. The molecule has 0 aliphatic carbocycles. The summed E-state index contributed by atoms with van der Waals surface area (Å²) in [5, 5.41) is 7.03. The lowest BCUT2D eigenvalue weighted by Crippen LogP contribution is -2.24. The average molecular weight is 388 g/mol. The smallest absolute Gasteiger partial charge is 0.249 e. The van der Waals surface area contributed by atoms with E-state index in [4.69, 9.17) is 16.3 Å². The molecule has 2 aromatic carbocycles. The van der Waals surface area contributed by atoms with Gasteiger partial charge in [-0.1, -0.05) is 25.4 Å². The third-order valence-corrected chi connectivity index (χ3v) is 3.57. The van der Waals surface area contributed by atoms with E-state index < -0.39 is 11.8 Å². The van der Waals surface area contributed by atoms with E-state index in [2.05, 4.69) is 29.7 Å². The summed E-state index contributed by atoms with van der Waals surface area (Å²) >= 11 is 5.78. The largest absolute Gasteiger partial charge is 0.493 e. The van der Waals surface area contributed by atoms with Crippen LogP contribution in [0.2, 0.25) is 5.02 Å². The van der Waals surface area contributed by atoms with Crippen molar-refractivity contribution in [2.45, 2.75) is 20.3 Å². The van der Waals surface area contributed by atoms with Crippen LogP contribution < -0.4 is 15.5 Å². The lowest BCUT2D eigenvalue weighted by molar-refractivity contribution is -0.126. The highest BCUT2D eigenvalue weighted by atomic mass is 35.5. The van der Waals surface area contributed by atoms with Crippen molar-refractivity contribution in [2.24, 2.45) is 11.0 Å². The van der Waals surface area contributed by atoms with Crippen molar-refractivity contribution < 1.29 is 14.3 Å². The standard InChI is InChI=1S/C20H22ClN3O3/c1-14(2)13-27-18-9-3-15(4-10-18)12-22-24-20(26)11-19(25)23-17-7-5-16(21)6-8-17/h3-10,12,14H,11,13H2,1-2H3,(H,23,25)(H,24,26). The topological polar surface area (TPSA) is 79.8 Å². The van der Waals surface area contributed by atoms with Gasteiger partial charge in [-0.15, -0.1) is 0 Å². The predicted octanol–water partition coefficient (Wildman–Crippen LogP) is 3.85. The fourth-order valence-electron chi connectivity index (χ4n) is 2.02. The van der Waals surface area contributed by atoms with Crippen LogP contribution in [0.3, 0.4) is 0 Å². The first-order chi connectivity index (χ1) is 12.9. The van der Waals surface area contributed by atoms with Crippen molar-refractivity contribution in [1.29, 1.82) is 0 Å². The molecule has 7 heteroatoms. The SMILES string of the molecule is CC(C)COc1ccc(C=NNC(=O)CC(=O)Nc2ccc(Cl)cc2)cc1. The van der Waals surface area contributed by atoms with Crippen molar-refractivity contribution in [3.63, 3.8) is 0 Å². The van der Waals surface area contributed by atoms with Crippen LogP contribution in [-0.2, 0) is 9.59 Å². The Hall–Kier alpha value is -2.86. The molecule has 0 saturated heterocycles. The Morgan fingerprint density at radius 3 is 2.37 bits per heavy atom. The molecular formula is C20H22ClN3O3. The first kappa shape index (κ1) is 20.5. The molecule has 2 amide bonds. The Morgan fingerprint density at radius 1 is 1.07 bits per heavy atom. The van der Waals surface area contributed by atoms with Crippen LogP contribution in [0.4, 0.5) is 5.69 Å². The number of amides is 2. The lowest BCUT2D eigenvalue weighted by atomic mass is 10.2. The number of hydrogen-bond acceptors (Lipinski definition) is 4. The number of nitrogens with zero attached hydrogens (tertiary/aromatic N) is 1. The zero-order valence-electron chi connectivity index (χ0n) is 15.2. The average Bonchev–Trinajstić information content (AvgIpc) is 2.63. The van der Waals surface area contributed by atoms with E-state index in [0.29, 0.717) is 23.2 Å². The van der Waals surface area contributed by atoms with Crippen LogP contribution in [-0.4, -0.2) is 24.6 Å². The minimum absolute atomic E-state index is 0.331. The van der Waals surface area contributed by atoms with Gasteiger partial charge in [0.25, 0.3) is 0 Å². The number of carbonyl (C=O) groups is 2. The van der Waals surface area contributed by atoms with E-state index in [1.807, 2.05) is 24.3 Å². The molecule has 0 fully saturated rings. The molecule has 0 saturated carbocycles. The number of anilines is 1. The summed E-state index contributed by atoms with van der Waals surface area (Å²) in [6.45, 7) is 4.82. The molecule has 0 bridgehead atoms. The number of halogens is 1. The first-order valence-corrected chi connectivity index (χ1v) is 8.90. The molecule has 2 N–H and O–H groups in total. The van der Waals surface area contributed by atoms with Gasteiger partial charge in [0.05, 0.1) is 12.8 Å². The van der Waals surface area contributed by atoms with Gasteiger partial charge in [-0.3, -0.25) is 9.59 Å². The maximum absolute atomic E-state index is 11.8. The van der Waals surface area contributed by atoms with E-state index in [1.165, 1.54) is 6.21 Å². The summed E-state index contributed by atoms with van der Waals surface area (Å²) in [6.07, 6.45) is 1.17. The summed E-state index contributed by atoms with van der Waals surface area (Å²) in [5.41, 5.74) is 3.70. The molecule has 0 spiro atoms. The molecule has 0 aliphatic rings. The minimum atomic E-state index is -0.505. The molecule has 2 aromatic rings. The Labute approximate surface area is 163 Å². The fourth-order valence-corrected chi connectivity index (χ4v) is 2.14. The molecule has 0 aliphatic heterocycles. The highest BCUT2D eigenvalue weighted by molar-refractivity contribution is 6.30. The molecule has 27 heavy (non-hydrogen) atoms. The summed E-state index contributed by atoms with van der Waals surface area (Å²) < 4.78 is 5.60. The summed E-state index contributed by atoms with van der Waals surface area (Å²) in [6, 6.07) is 14.0. The van der Waals surface area contributed by atoms with Gasteiger partial charge >= 0.3 is 0 Å². The van der Waals surface area contributed by atoms with E-state index in [0.717, 1.165) is 11.3 Å². The maximum Gasteiger partial charge on any atom is 0.249 e. The number of hydrazone groups is 1. The van der Waals surface area contributed by atoms with Crippen LogP contribution >= 0.6 is 11.6 Å². The lowest BCUT2D eigenvalue weighted by Gasteiger charge is -2.08. The Balaban J connectivity index is 1.75. The molecule has 0 unspecified atom stereocenters. The van der Waals surface area contributed by atoms with E-state index >= 15 is 0 Å². The molecule has 0 atom stereocenters. The first-order valence-electron chi connectivity index (χ1n) is 8.52. The number of benzene rings is 2. The van der Waals surface area contributed by atoms with E-state index in [-0.39, 0.29) is 6.42 Å². The summed E-state index contributed by atoms with van der Waals surface area (Å²) in [7, 11) is 0. The molecule has 2 rings (SSSR count). The number of nitrogens with one attached hydrogen (secondary N) is 2. The van der Waals surface area contributed by atoms with Gasteiger partial charge in [0.2, 0.25) is 11.8 Å². The van der Waals surface area contributed by atoms with Crippen molar-refractivity contribution in [3.05, 3.63) is 59.1 Å². The van der Waals surface area contributed by atoms with Crippen LogP contribution in [0, 0.1) is 5.92 Å². The molecule has 0 aromatic heterocycles. The zero-order valence-corrected chi connectivity index (χ0v) is 16.0. The van der Waals surface area contributed by atoms with Crippen molar-refractivity contribution >= 4 is 35.3 Å². The zero-order chi connectivity index (χ0) is 19.6. The van der Waals surface area contributed by atoms with Gasteiger partial charge in [0, 0.05) is 10.7 Å². The third-order valence-electron chi connectivity index (χ3n) is 3.32. The van der Waals surface area contributed by atoms with Gasteiger partial charge in [0.15, 0.2) is 0 Å². The van der Waals surface area contributed by atoms with Crippen LogP contribution in [0.25, 0.3) is 0 Å². The minimum Gasteiger partial charge on any atom is -0.493 e. The van der Waals surface area contributed by atoms with E-state index in [1.54, 1.807) is 24.3 Å². The summed E-state index contributed by atoms with van der Waals surface area (Å²) in [4.78, 5) is 23.6. The van der Waals surface area contributed by atoms with Crippen LogP contribution in [0.1, 0.15) is 25.8 Å². The molecule has 142 valence electrons. The second-order valence-electron chi connectivity index (χ2n) is 6.30. The van der Waals surface area contributed by atoms with Gasteiger partial charge in [0.1, 0.15) is 12.2 Å². The quantitative estimate of drug-likeness (QED) is 0.410. The molecule has 0 heterocycles. The Kier molecular flexibility index (Phi) is 7.82. The fraction of sp³-hybridized carbons (Fsp3) is 0.250. The number of carbonyl (C=O) groups excluding carboxylic acids is 2. The van der Waals surface area contributed by atoms with Crippen LogP contribution in [0.15, 0.2) is 53.6 Å². The second kappa shape index (κ2) is 10.3.